The van der Waals surface area contributed by atoms with Crippen LogP contribution < -0.4 is 4.72 Å². The molecule has 3 rings (SSSR count). The predicted molar refractivity (Wildman–Crippen MR) is 90.5 cm³/mol. The van der Waals surface area contributed by atoms with Crippen molar-refractivity contribution in [2.24, 2.45) is 0 Å². The first-order valence-electron chi connectivity index (χ1n) is 7.06. The van der Waals surface area contributed by atoms with E-state index in [1.54, 1.807) is 42.5 Å². The van der Waals surface area contributed by atoms with Crippen molar-refractivity contribution in [3.63, 3.8) is 0 Å². The lowest BCUT2D eigenvalue weighted by molar-refractivity contribution is 0.601. The van der Waals surface area contributed by atoms with Crippen molar-refractivity contribution in [1.82, 2.24) is 0 Å². The van der Waals surface area contributed by atoms with Crippen LogP contribution in [0.25, 0.3) is 10.8 Å². The largest absolute Gasteiger partial charge is 0.280 e. The average Bonchev–Trinajstić information content (AvgIpc) is 2.56. The zero-order chi connectivity index (χ0) is 16.3. The fourth-order valence-electron chi connectivity index (χ4n) is 2.33. The first-order valence-corrected chi connectivity index (χ1v) is 8.54. The highest BCUT2D eigenvalue weighted by atomic mass is 32.2. The third kappa shape index (κ3) is 3.33. The molecule has 0 heterocycles. The summed E-state index contributed by atoms with van der Waals surface area (Å²) in [4.78, 5) is 0.220. The Morgan fingerprint density at radius 1 is 0.913 bits per heavy atom. The van der Waals surface area contributed by atoms with Gasteiger partial charge in [0.25, 0.3) is 10.0 Å². The van der Waals surface area contributed by atoms with Gasteiger partial charge in [0.05, 0.1) is 17.4 Å². The van der Waals surface area contributed by atoms with Gasteiger partial charge in [-0.1, -0.05) is 42.5 Å². The van der Waals surface area contributed by atoms with E-state index in [-0.39, 0.29) is 4.90 Å². The van der Waals surface area contributed by atoms with Crippen LogP contribution in [0, 0.1) is 11.3 Å². The second-order valence-corrected chi connectivity index (χ2v) is 6.83. The number of nitrogens with zero attached hydrogens (tertiary/aromatic N) is 1. The van der Waals surface area contributed by atoms with Crippen LogP contribution in [0.4, 0.5) is 5.69 Å². The molecule has 0 aliphatic heterocycles. The van der Waals surface area contributed by atoms with Crippen LogP contribution in [0.2, 0.25) is 0 Å². The molecule has 23 heavy (non-hydrogen) atoms. The number of fused-ring (bicyclic) bond motifs is 1. The van der Waals surface area contributed by atoms with E-state index < -0.39 is 10.0 Å². The normalized spacial score (nSPS) is 11.1. The Bertz CT molecular complexity index is 987. The molecule has 0 atom stereocenters. The van der Waals surface area contributed by atoms with Crippen molar-refractivity contribution in [2.75, 3.05) is 4.72 Å². The van der Waals surface area contributed by atoms with E-state index in [0.29, 0.717) is 12.1 Å². The van der Waals surface area contributed by atoms with Crippen molar-refractivity contribution in [1.29, 1.82) is 5.26 Å². The second-order valence-electron chi connectivity index (χ2n) is 5.15. The number of anilines is 1. The number of sulfonamides is 1. The van der Waals surface area contributed by atoms with E-state index in [9.17, 15) is 8.42 Å². The summed E-state index contributed by atoms with van der Waals surface area (Å²) in [6, 6.07) is 21.5. The molecule has 0 saturated heterocycles. The van der Waals surface area contributed by atoms with Gasteiger partial charge in [-0.2, -0.15) is 5.26 Å². The Morgan fingerprint density at radius 2 is 1.61 bits per heavy atom. The molecule has 0 aliphatic rings. The molecule has 0 radical (unpaired) electrons. The highest BCUT2D eigenvalue weighted by Gasteiger charge is 2.14. The Morgan fingerprint density at radius 3 is 2.30 bits per heavy atom. The fourth-order valence-corrected chi connectivity index (χ4v) is 3.42. The molecule has 0 bridgehead atoms. The number of nitrogens with one attached hydrogen (secondary N) is 1. The molecule has 114 valence electrons. The van der Waals surface area contributed by atoms with E-state index in [1.165, 1.54) is 0 Å². The molecule has 0 spiro atoms. The van der Waals surface area contributed by atoms with Crippen molar-refractivity contribution in [2.45, 2.75) is 11.3 Å². The molecular weight excluding hydrogens is 308 g/mol. The third-order valence-electron chi connectivity index (χ3n) is 3.52. The zero-order valence-electron chi connectivity index (χ0n) is 12.2. The maximum atomic E-state index is 12.5. The van der Waals surface area contributed by atoms with Gasteiger partial charge in [0.1, 0.15) is 0 Å². The summed E-state index contributed by atoms with van der Waals surface area (Å²) in [5.74, 6) is 0. The summed E-state index contributed by atoms with van der Waals surface area (Å²) in [7, 11) is -3.64. The predicted octanol–water partition coefficient (Wildman–Crippen LogP) is 3.71. The van der Waals surface area contributed by atoms with Crippen LogP contribution >= 0.6 is 0 Å². The van der Waals surface area contributed by atoms with Crippen LogP contribution in [-0.2, 0) is 16.4 Å². The van der Waals surface area contributed by atoms with Gasteiger partial charge < -0.3 is 0 Å². The summed E-state index contributed by atoms with van der Waals surface area (Å²) in [5, 5.41) is 10.5. The van der Waals surface area contributed by atoms with E-state index in [4.69, 9.17) is 5.26 Å². The molecule has 4 nitrogen and oxygen atoms in total. The van der Waals surface area contributed by atoms with E-state index >= 15 is 0 Å². The SMILES string of the molecule is N#CCc1ccc(NS(=O)(=O)c2ccc3ccccc3c2)cc1. The molecule has 0 saturated carbocycles. The summed E-state index contributed by atoms with van der Waals surface area (Å²) in [6.07, 6.45) is 0.303. The molecule has 0 aromatic heterocycles. The maximum absolute atomic E-state index is 12.5. The van der Waals surface area contributed by atoms with Gasteiger partial charge in [0.2, 0.25) is 0 Å². The molecule has 0 unspecified atom stereocenters. The zero-order valence-corrected chi connectivity index (χ0v) is 13.0. The number of hydrogen-bond acceptors (Lipinski definition) is 3. The number of rotatable bonds is 4. The van der Waals surface area contributed by atoms with Crippen molar-refractivity contribution in [3.8, 4) is 6.07 Å². The quantitative estimate of drug-likeness (QED) is 0.796. The molecule has 0 amide bonds. The van der Waals surface area contributed by atoms with Gasteiger partial charge in [-0.05, 0) is 40.6 Å². The van der Waals surface area contributed by atoms with Crippen molar-refractivity contribution >= 4 is 26.5 Å². The first kappa shape index (κ1) is 15.1. The van der Waals surface area contributed by atoms with Crippen LogP contribution in [0.5, 0.6) is 0 Å². The fraction of sp³-hybridized carbons (Fsp3) is 0.0556. The lowest BCUT2D eigenvalue weighted by atomic mass is 10.1. The summed E-state index contributed by atoms with van der Waals surface area (Å²) < 4.78 is 27.5. The lowest BCUT2D eigenvalue weighted by Crippen LogP contribution is -2.12. The number of benzene rings is 3. The monoisotopic (exact) mass is 322 g/mol. The Hall–Kier alpha value is -2.84. The van der Waals surface area contributed by atoms with Crippen molar-refractivity contribution in [3.05, 3.63) is 72.3 Å². The van der Waals surface area contributed by atoms with E-state index in [2.05, 4.69) is 10.8 Å². The lowest BCUT2D eigenvalue weighted by Gasteiger charge is -2.09. The average molecular weight is 322 g/mol. The molecule has 3 aromatic carbocycles. The van der Waals surface area contributed by atoms with Gasteiger partial charge >= 0.3 is 0 Å². The van der Waals surface area contributed by atoms with E-state index in [0.717, 1.165) is 16.3 Å². The summed E-state index contributed by atoms with van der Waals surface area (Å²) >= 11 is 0. The molecule has 1 N–H and O–H groups in total. The molecular formula is C18H14N2O2S. The van der Waals surface area contributed by atoms with E-state index in [1.807, 2.05) is 24.3 Å². The van der Waals surface area contributed by atoms with Gasteiger partial charge in [0, 0.05) is 5.69 Å². The van der Waals surface area contributed by atoms with Gasteiger partial charge in [-0.3, -0.25) is 4.72 Å². The Kier molecular flexibility index (Phi) is 4.00. The van der Waals surface area contributed by atoms with Gasteiger partial charge in [0.15, 0.2) is 0 Å². The Balaban J connectivity index is 1.89. The highest BCUT2D eigenvalue weighted by molar-refractivity contribution is 7.92. The van der Waals surface area contributed by atoms with Gasteiger partial charge in [-0.15, -0.1) is 0 Å². The highest BCUT2D eigenvalue weighted by Crippen LogP contribution is 2.21. The second kappa shape index (κ2) is 6.11. The van der Waals surface area contributed by atoms with Gasteiger partial charge in [-0.25, -0.2) is 8.42 Å². The number of nitriles is 1. The van der Waals surface area contributed by atoms with Crippen molar-refractivity contribution < 1.29 is 8.42 Å². The van der Waals surface area contributed by atoms with Crippen LogP contribution in [-0.4, -0.2) is 8.42 Å². The Labute approximate surface area is 135 Å². The minimum absolute atomic E-state index is 0.220. The number of hydrogen-bond donors (Lipinski definition) is 1. The third-order valence-corrected chi connectivity index (χ3v) is 4.90. The van der Waals surface area contributed by atoms with Crippen LogP contribution in [0.3, 0.4) is 0 Å². The molecule has 0 fully saturated rings. The molecule has 5 heteroatoms. The smallest absolute Gasteiger partial charge is 0.261 e. The summed E-state index contributed by atoms with van der Waals surface area (Å²) in [5.41, 5.74) is 1.32. The molecule has 0 aliphatic carbocycles. The minimum atomic E-state index is -3.64. The first-order chi connectivity index (χ1) is 11.1. The maximum Gasteiger partial charge on any atom is 0.261 e. The molecule has 3 aromatic rings. The standard InChI is InChI=1S/C18H14N2O2S/c19-12-11-14-5-8-17(9-6-14)20-23(21,22)18-10-7-15-3-1-2-4-16(15)13-18/h1-10,13,20H,11H2. The minimum Gasteiger partial charge on any atom is -0.280 e. The van der Waals surface area contributed by atoms with Crippen LogP contribution in [0.15, 0.2) is 71.6 Å². The summed E-state index contributed by atoms with van der Waals surface area (Å²) in [6.45, 7) is 0. The van der Waals surface area contributed by atoms with Crippen LogP contribution in [0.1, 0.15) is 5.56 Å². The topological polar surface area (TPSA) is 70.0 Å².